The van der Waals surface area contributed by atoms with Crippen molar-refractivity contribution in [3.63, 3.8) is 0 Å². The number of hydrogen-bond acceptors (Lipinski definition) is 2. The minimum atomic E-state index is -0.266. The van der Waals surface area contributed by atoms with Crippen molar-refractivity contribution >= 4 is 29.1 Å². The lowest BCUT2D eigenvalue weighted by molar-refractivity contribution is -0.118. The first-order valence-corrected chi connectivity index (χ1v) is 6.16. The Bertz CT molecular complexity index is 569. The smallest absolute Gasteiger partial charge is 0.217 e. The number of aromatic hydroxyl groups is 1. The van der Waals surface area contributed by atoms with Crippen LogP contribution in [-0.2, 0) is 11.2 Å². The largest absolute Gasteiger partial charge is 0.507 e. The predicted octanol–water partition coefficient (Wildman–Crippen LogP) is 3.17. The Morgan fingerprint density at radius 1 is 1.11 bits per heavy atom. The molecule has 102 valence electrons. The molecule has 1 amide bonds. The lowest BCUT2D eigenvalue weighted by Crippen LogP contribution is -2.09. The van der Waals surface area contributed by atoms with Gasteiger partial charge in [0.2, 0.25) is 5.91 Å². The summed E-state index contributed by atoms with van der Waals surface area (Å²) in [6.45, 7) is 0. The number of benzene rings is 2. The van der Waals surface area contributed by atoms with Gasteiger partial charge < -0.3 is 10.8 Å². The summed E-state index contributed by atoms with van der Waals surface area (Å²) in [5, 5.41) is 12.1. The quantitative estimate of drug-likeness (QED) is 0.826. The van der Waals surface area contributed by atoms with Crippen molar-refractivity contribution in [1.29, 1.82) is 0 Å². The maximum absolute atomic E-state index is 10.6. The van der Waals surface area contributed by atoms with E-state index >= 15 is 0 Å². The van der Waals surface area contributed by atoms with Crippen LogP contribution in [0.3, 0.4) is 0 Å². The summed E-state index contributed by atoms with van der Waals surface area (Å²) in [5.41, 5.74) is 6.02. The molecule has 0 bridgehead atoms. The average Bonchev–Trinajstić information content (AvgIpc) is 2.37. The molecule has 3 nitrogen and oxygen atoms in total. The molecule has 0 heterocycles. The molecule has 2 aromatic rings. The Morgan fingerprint density at radius 2 is 1.84 bits per heavy atom. The van der Waals surface area contributed by atoms with Crippen LogP contribution in [0.2, 0.25) is 0 Å². The molecule has 0 saturated carbocycles. The molecule has 0 unspecified atom stereocenters. The molecule has 0 aliphatic heterocycles. The first-order valence-electron chi connectivity index (χ1n) is 6.16. The van der Waals surface area contributed by atoms with Gasteiger partial charge in [-0.05, 0) is 30.2 Å². The minimum Gasteiger partial charge on any atom is -0.507 e. The molecule has 0 aliphatic carbocycles. The zero-order valence-corrected chi connectivity index (χ0v) is 11.5. The van der Waals surface area contributed by atoms with Gasteiger partial charge in [0.1, 0.15) is 5.75 Å². The molecule has 3 N–H and O–H groups in total. The van der Waals surface area contributed by atoms with E-state index in [1.54, 1.807) is 0 Å². The number of carbonyl (C=O) groups excluding carboxylic acids is 1. The van der Waals surface area contributed by atoms with E-state index in [1.807, 2.05) is 36.4 Å². The zero-order valence-electron chi connectivity index (χ0n) is 10.6. The van der Waals surface area contributed by atoms with Crippen LogP contribution in [0.25, 0.3) is 10.8 Å². The van der Waals surface area contributed by atoms with E-state index in [9.17, 15) is 9.90 Å². The van der Waals surface area contributed by atoms with Gasteiger partial charge in [0.05, 0.1) is 0 Å². The van der Waals surface area contributed by atoms with Crippen molar-refractivity contribution in [3.05, 3.63) is 42.0 Å². The molecule has 2 rings (SSSR count). The summed E-state index contributed by atoms with van der Waals surface area (Å²) in [5.74, 6) is 0.0879. The van der Waals surface area contributed by atoms with E-state index in [0.29, 0.717) is 12.2 Å². The third-order valence-corrected chi connectivity index (χ3v) is 3.10. The van der Waals surface area contributed by atoms with E-state index in [1.165, 1.54) is 0 Å². The SMILES string of the molecule is Cl.NC(=O)CCCCc1ccc2ccccc2c1O. The second kappa shape index (κ2) is 7.00. The molecule has 0 spiro atoms. The highest BCUT2D eigenvalue weighted by atomic mass is 35.5. The van der Waals surface area contributed by atoms with Crippen molar-refractivity contribution in [2.24, 2.45) is 5.73 Å². The van der Waals surface area contributed by atoms with Crippen LogP contribution >= 0.6 is 12.4 Å². The topological polar surface area (TPSA) is 63.3 Å². The van der Waals surface area contributed by atoms with E-state index in [-0.39, 0.29) is 18.3 Å². The fourth-order valence-electron chi connectivity index (χ4n) is 2.12. The van der Waals surface area contributed by atoms with Crippen molar-refractivity contribution < 1.29 is 9.90 Å². The minimum absolute atomic E-state index is 0. The number of carbonyl (C=O) groups is 1. The molecule has 2 aromatic carbocycles. The number of nitrogens with two attached hydrogens (primary N) is 1. The monoisotopic (exact) mass is 279 g/mol. The Balaban J connectivity index is 0.00000180. The Morgan fingerprint density at radius 3 is 2.58 bits per heavy atom. The van der Waals surface area contributed by atoms with Gasteiger partial charge in [-0.2, -0.15) is 0 Å². The van der Waals surface area contributed by atoms with Crippen LogP contribution in [0, 0.1) is 0 Å². The highest BCUT2D eigenvalue weighted by molar-refractivity contribution is 5.89. The van der Waals surface area contributed by atoms with Gasteiger partial charge >= 0.3 is 0 Å². The van der Waals surface area contributed by atoms with Crippen molar-refractivity contribution in [3.8, 4) is 5.75 Å². The number of amides is 1. The third-order valence-electron chi connectivity index (χ3n) is 3.10. The number of unbranched alkanes of at least 4 members (excludes halogenated alkanes) is 1. The third kappa shape index (κ3) is 3.86. The Labute approximate surface area is 118 Å². The molecule has 19 heavy (non-hydrogen) atoms. The summed E-state index contributed by atoms with van der Waals surface area (Å²) < 4.78 is 0. The molecule has 4 heteroatoms. The van der Waals surface area contributed by atoms with Gasteiger partial charge in [-0.25, -0.2) is 0 Å². The maximum atomic E-state index is 10.6. The fraction of sp³-hybridized carbons (Fsp3) is 0.267. The van der Waals surface area contributed by atoms with E-state index in [0.717, 1.165) is 35.6 Å². The summed E-state index contributed by atoms with van der Waals surface area (Å²) >= 11 is 0. The van der Waals surface area contributed by atoms with Gasteiger partial charge in [0, 0.05) is 11.8 Å². The summed E-state index contributed by atoms with van der Waals surface area (Å²) in [4.78, 5) is 10.6. The number of phenols is 1. The zero-order chi connectivity index (χ0) is 13.0. The summed E-state index contributed by atoms with van der Waals surface area (Å²) in [6, 6.07) is 11.7. The maximum Gasteiger partial charge on any atom is 0.217 e. The van der Waals surface area contributed by atoms with Gasteiger partial charge in [0.15, 0.2) is 0 Å². The van der Waals surface area contributed by atoms with E-state index in [2.05, 4.69) is 0 Å². The summed E-state index contributed by atoms with van der Waals surface area (Å²) in [6.07, 6.45) is 2.80. The first kappa shape index (κ1) is 15.3. The molecule has 0 aromatic heterocycles. The molecule has 0 aliphatic rings. The molecule has 0 fully saturated rings. The van der Waals surface area contributed by atoms with Crippen LogP contribution in [0.1, 0.15) is 24.8 Å². The second-order valence-corrected chi connectivity index (χ2v) is 4.47. The first-order chi connectivity index (χ1) is 8.68. The number of hydrogen-bond donors (Lipinski definition) is 2. The molecular weight excluding hydrogens is 262 g/mol. The van der Waals surface area contributed by atoms with Crippen molar-refractivity contribution in [1.82, 2.24) is 0 Å². The predicted molar refractivity (Wildman–Crippen MR) is 79.6 cm³/mol. The van der Waals surface area contributed by atoms with Crippen LogP contribution in [0.5, 0.6) is 5.75 Å². The average molecular weight is 280 g/mol. The number of fused-ring (bicyclic) bond motifs is 1. The Hall–Kier alpha value is -1.74. The van der Waals surface area contributed by atoms with Crippen LogP contribution in [0.4, 0.5) is 0 Å². The van der Waals surface area contributed by atoms with E-state index < -0.39 is 0 Å². The number of rotatable bonds is 5. The number of phenolic OH excluding ortho intramolecular Hbond substituents is 1. The van der Waals surface area contributed by atoms with Crippen molar-refractivity contribution in [2.75, 3.05) is 0 Å². The molecule has 0 atom stereocenters. The highest BCUT2D eigenvalue weighted by Gasteiger charge is 2.05. The normalized spacial score (nSPS) is 10.1. The van der Waals surface area contributed by atoms with Gasteiger partial charge in [-0.1, -0.05) is 36.4 Å². The molecule has 0 saturated heterocycles. The fourth-order valence-corrected chi connectivity index (χ4v) is 2.12. The van der Waals surface area contributed by atoms with Gasteiger partial charge in [-0.15, -0.1) is 12.4 Å². The summed E-state index contributed by atoms with van der Waals surface area (Å²) in [7, 11) is 0. The Kier molecular flexibility index (Phi) is 5.64. The van der Waals surface area contributed by atoms with Crippen LogP contribution < -0.4 is 5.73 Å². The van der Waals surface area contributed by atoms with Gasteiger partial charge in [0.25, 0.3) is 0 Å². The standard InChI is InChI=1S/C15H17NO2.ClH/c16-14(17)8-4-2-6-12-10-9-11-5-1-3-7-13(11)15(12)18;/h1,3,5,7,9-10,18H,2,4,6,8H2,(H2,16,17);1H. The lowest BCUT2D eigenvalue weighted by Gasteiger charge is -2.07. The second-order valence-electron chi connectivity index (χ2n) is 4.47. The lowest BCUT2D eigenvalue weighted by atomic mass is 10.0. The van der Waals surface area contributed by atoms with Gasteiger partial charge in [-0.3, -0.25) is 4.79 Å². The van der Waals surface area contributed by atoms with Crippen LogP contribution in [-0.4, -0.2) is 11.0 Å². The number of halogens is 1. The van der Waals surface area contributed by atoms with Crippen LogP contribution in [0.15, 0.2) is 36.4 Å². The highest BCUT2D eigenvalue weighted by Crippen LogP contribution is 2.29. The van der Waals surface area contributed by atoms with Crippen molar-refractivity contribution in [2.45, 2.75) is 25.7 Å². The number of primary amides is 1. The molecule has 0 radical (unpaired) electrons. The molecular formula is C15H18ClNO2. The van der Waals surface area contributed by atoms with E-state index in [4.69, 9.17) is 5.73 Å². The number of aryl methyl sites for hydroxylation is 1.